The van der Waals surface area contributed by atoms with Crippen LogP contribution < -0.4 is 5.32 Å². The Hall–Kier alpha value is -1.93. The van der Waals surface area contributed by atoms with Crippen molar-refractivity contribution in [3.8, 4) is 0 Å². The molecule has 7 nitrogen and oxygen atoms in total. The molecule has 0 bridgehead atoms. The lowest BCUT2D eigenvalue weighted by atomic mass is 10.2. The van der Waals surface area contributed by atoms with Crippen LogP contribution in [0.4, 0.5) is 10.5 Å². The minimum absolute atomic E-state index is 0.150. The van der Waals surface area contributed by atoms with Gasteiger partial charge in [0.2, 0.25) is 11.8 Å². The molecule has 2 aromatic heterocycles. The molecule has 1 atom stereocenters. The Labute approximate surface area is 138 Å². The highest BCUT2D eigenvalue weighted by Gasteiger charge is 2.33. The first-order valence-electron chi connectivity index (χ1n) is 7.57. The molecule has 0 spiro atoms. The molecular weight excluding hydrogens is 316 g/mol. The Kier molecular flexibility index (Phi) is 4.63. The molecule has 23 heavy (non-hydrogen) atoms. The number of aryl methyl sites for hydroxylation is 1. The fourth-order valence-corrected chi connectivity index (χ4v) is 3.12. The van der Waals surface area contributed by atoms with Gasteiger partial charge in [0.25, 0.3) is 0 Å². The monoisotopic (exact) mass is 336 g/mol. The molecule has 3 rings (SSSR count). The van der Waals surface area contributed by atoms with E-state index in [1.165, 1.54) is 0 Å². The second kappa shape index (κ2) is 6.67. The molecule has 1 saturated heterocycles. The number of nitrogens with one attached hydrogen (secondary N) is 1. The smallest absolute Gasteiger partial charge is 0.322 e. The highest BCUT2D eigenvalue weighted by Crippen LogP contribution is 2.27. The van der Waals surface area contributed by atoms with Crippen molar-refractivity contribution >= 4 is 23.1 Å². The molecule has 1 fully saturated rings. The number of ether oxygens (including phenoxy) is 1. The minimum atomic E-state index is -0.359. The van der Waals surface area contributed by atoms with E-state index in [1.54, 1.807) is 16.2 Å². The average Bonchev–Trinajstić information content (AvgIpc) is 3.17. The lowest BCUT2D eigenvalue weighted by Crippen LogP contribution is -2.45. The summed E-state index contributed by atoms with van der Waals surface area (Å²) in [5, 5.41) is 15.0. The summed E-state index contributed by atoms with van der Waals surface area (Å²) in [6.07, 6.45) is 0. The summed E-state index contributed by atoms with van der Waals surface area (Å²) in [5.41, 5.74) is 1.88. The second-order valence-corrected chi connectivity index (χ2v) is 6.56. The maximum absolute atomic E-state index is 12.6. The summed E-state index contributed by atoms with van der Waals surface area (Å²) in [6.45, 7) is 7.28. The first kappa shape index (κ1) is 15.9. The average molecular weight is 336 g/mol. The zero-order valence-corrected chi connectivity index (χ0v) is 14.2. The summed E-state index contributed by atoms with van der Waals surface area (Å²) >= 11 is 1.56. The molecule has 0 radical (unpaired) electrons. The van der Waals surface area contributed by atoms with E-state index in [-0.39, 0.29) is 18.0 Å². The third-order valence-electron chi connectivity index (χ3n) is 3.72. The maximum atomic E-state index is 12.6. The number of rotatable bonds is 3. The van der Waals surface area contributed by atoms with Crippen molar-refractivity contribution in [3.05, 3.63) is 28.1 Å². The Balaban J connectivity index is 1.77. The SMILES string of the molecule is Cc1cscc1NC(=O)N1CCOC[C@@H]1c1nnc(C(C)C)o1. The van der Waals surface area contributed by atoms with E-state index in [0.717, 1.165) is 11.3 Å². The molecule has 124 valence electrons. The van der Waals surface area contributed by atoms with E-state index in [9.17, 15) is 4.79 Å². The summed E-state index contributed by atoms with van der Waals surface area (Å²) in [4.78, 5) is 14.3. The van der Waals surface area contributed by atoms with Gasteiger partial charge in [-0.1, -0.05) is 13.8 Å². The van der Waals surface area contributed by atoms with Crippen LogP contribution in [0.3, 0.4) is 0 Å². The number of amides is 2. The van der Waals surface area contributed by atoms with E-state index in [2.05, 4.69) is 15.5 Å². The van der Waals surface area contributed by atoms with Gasteiger partial charge >= 0.3 is 6.03 Å². The van der Waals surface area contributed by atoms with Crippen LogP contribution in [0.2, 0.25) is 0 Å². The van der Waals surface area contributed by atoms with Crippen molar-refractivity contribution in [2.75, 3.05) is 25.1 Å². The number of anilines is 1. The zero-order chi connectivity index (χ0) is 16.4. The number of morpholine rings is 1. The number of nitrogens with zero attached hydrogens (tertiary/aromatic N) is 3. The third kappa shape index (κ3) is 3.37. The zero-order valence-electron chi connectivity index (χ0n) is 13.4. The molecule has 2 amide bonds. The van der Waals surface area contributed by atoms with Crippen LogP contribution >= 0.6 is 11.3 Å². The summed E-state index contributed by atoms with van der Waals surface area (Å²) in [7, 11) is 0. The van der Waals surface area contributed by atoms with Gasteiger partial charge < -0.3 is 19.4 Å². The quantitative estimate of drug-likeness (QED) is 0.931. The molecule has 1 aliphatic heterocycles. The van der Waals surface area contributed by atoms with Gasteiger partial charge in [-0.05, 0) is 17.9 Å². The number of carbonyl (C=O) groups is 1. The predicted molar refractivity (Wildman–Crippen MR) is 86.7 cm³/mol. The van der Waals surface area contributed by atoms with Crippen molar-refractivity contribution in [2.24, 2.45) is 0 Å². The lowest BCUT2D eigenvalue weighted by molar-refractivity contribution is 0.00494. The largest absolute Gasteiger partial charge is 0.423 e. The normalized spacial score (nSPS) is 18.4. The van der Waals surface area contributed by atoms with E-state index in [0.29, 0.717) is 31.5 Å². The van der Waals surface area contributed by atoms with E-state index < -0.39 is 0 Å². The van der Waals surface area contributed by atoms with Gasteiger partial charge in [0, 0.05) is 17.8 Å². The molecular formula is C15H20N4O3S. The summed E-state index contributed by atoms with van der Waals surface area (Å²) < 4.78 is 11.2. The molecule has 0 aromatic carbocycles. The van der Waals surface area contributed by atoms with Crippen molar-refractivity contribution in [1.82, 2.24) is 15.1 Å². The van der Waals surface area contributed by atoms with Crippen LogP contribution in [0.1, 0.15) is 43.2 Å². The Morgan fingerprint density at radius 1 is 1.43 bits per heavy atom. The van der Waals surface area contributed by atoms with Gasteiger partial charge in [0.1, 0.15) is 6.04 Å². The van der Waals surface area contributed by atoms with Gasteiger partial charge in [0.05, 0.1) is 18.9 Å². The fraction of sp³-hybridized carbons (Fsp3) is 0.533. The van der Waals surface area contributed by atoms with Crippen molar-refractivity contribution in [1.29, 1.82) is 0 Å². The molecule has 2 aromatic rings. The summed E-state index contributed by atoms with van der Waals surface area (Å²) in [6, 6.07) is -0.535. The molecule has 3 heterocycles. The molecule has 0 aliphatic carbocycles. The number of hydrogen-bond acceptors (Lipinski definition) is 6. The Morgan fingerprint density at radius 2 is 2.26 bits per heavy atom. The number of carbonyl (C=O) groups excluding carboxylic acids is 1. The topological polar surface area (TPSA) is 80.5 Å². The van der Waals surface area contributed by atoms with E-state index in [1.807, 2.05) is 31.5 Å². The van der Waals surface area contributed by atoms with E-state index >= 15 is 0 Å². The van der Waals surface area contributed by atoms with Gasteiger partial charge in [0.15, 0.2) is 0 Å². The van der Waals surface area contributed by atoms with Crippen LogP contribution in [-0.2, 0) is 4.74 Å². The second-order valence-electron chi connectivity index (χ2n) is 5.82. The van der Waals surface area contributed by atoms with Crippen molar-refractivity contribution < 1.29 is 13.9 Å². The molecule has 1 aliphatic rings. The van der Waals surface area contributed by atoms with Gasteiger partial charge in [-0.2, -0.15) is 0 Å². The predicted octanol–water partition coefficient (Wildman–Crippen LogP) is 3.17. The van der Waals surface area contributed by atoms with Crippen LogP contribution in [-0.4, -0.2) is 40.9 Å². The standard InChI is InChI=1S/C15H20N4O3S/c1-9(2)13-17-18-14(22-13)12-6-21-5-4-19(12)15(20)16-11-8-23-7-10(11)3/h7-9,12H,4-6H2,1-3H3,(H,16,20)/t12-/m1/s1. The highest BCUT2D eigenvalue weighted by molar-refractivity contribution is 7.08. The Morgan fingerprint density at radius 3 is 2.91 bits per heavy atom. The summed E-state index contributed by atoms with van der Waals surface area (Å²) in [5.74, 6) is 1.14. The fourth-order valence-electron chi connectivity index (χ4n) is 2.34. The van der Waals surface area contributed by atoms with Crippen LogP contribution in [0.15, 0.2) is 15.2 Å². The van der Waals surface area contributed by atoms with Gasteiger partial charge in [-0.15, -0.1) is 21.5 Å². The van der Waals surface area contributed by atoms with Crippen molar-refractivity contribution in [2.45, 2.75) is 32.7 Å². The minimum Gasteiger partial charge on any atom is -0.423 e. The number of aromatic nitrogens is 2. The molecule has 1 N–H and O–H groups in total. The van der Waals surface area contributed by atoms with Crippen LogP contribution in [0, 0.1) is 6.92 Å². The highest BCUT2D eigenvalue weighted by atomic mass is 32.1. The van der Waals surface area contributed by atoms with Gasteiger partial charge in [-0.25, -0.2) is 4.79 Å². The number of hydrogen-bond donors (Lipinski definition) is 1. The van der Waals surface area contributed by atoms with Crippen LogP contribution in [0.25, 0.3) is 0 Å². The maximum Gasteiger partial charge on any atom is 0.322 e. The Bertz CT molecular complexity index is 682. The lowest BCUT2D eigenvalue weighted by Gasteiger charge is -2.33. The van der Waals surface area contributed by atoms with Crippen LogP contribution in [0.5, 0.6) is 0 Å². The first-order valence-corrected chi connectivity index (χ1v) is 8.52. The third-order valence-corrected chi connectivity index (χ3v) is 4.58. The number of urea groups is 1. The van der Waals surface area contributed by atoms with Crippen molar-refractivity contribution in [3.63, 3.8) is 0 Å². The molecule has 8 heteroatoms. The molecule has 0 saturated carbocycles. The number of thiophene rings is 1. The van der Waals surface area contributed by atoms with E-state index in [4.69, 9.17) is 9.15 Å². The van der Waals surface area contributed by atoms with Gasteiger partial charge in [-0.3, -0.25) is 0 Å². The molecule has 0 unspecified atom stereocenters. The first-order chi connectivity index (χ1) is 11.1.